The fourth-order valence-corrected chi connectivity index (χ4v) is 5.08. The van der Waals surface area contributed by atoms with Crippen LogP contribution in [0.2, 0.25) is 0 Å². The van der Waals surface area contributed by atoms with Crippen molar-refractivity contribution in [3.63, 3.8) is 0 Å². The molecule has 1 aliphatic carbocycles. The maximum Gasteiger partial charge on any atom is 0.328 e. The van der Waals surface area contributed by atoms with Crippen LogP contribution in [-0.4, -0.2) is 50.9 Å². The molecule has 8 nitrogen and oxygen atoms in total. The molecular weight excluding hydrogens is 396 g/mol. The molecule has 3 atom stereocenters. The van der Waals surface area contributed by atoms with Crippen molar-refractivity contribution >= 4 is 11.9 Å². The van der Waals surface area contributed by atoms with Crippen LogP contribution in [0.3, 0.4) is 0 Å². The fraction of sp³-hybridized carbons (Fsp3) is 0.522. The van der Waals surface area contributed by atoms with E-state index in [4.69, 9.17) is 4.74 Å². The molecule has 1 saturated carbocycles. The maximum atomic E-state index is 13.2. The zero-order chi connectivity index (χ0) is 22.0. The number of nitrogens with one attached hydrogen (secondary N) is 1. The summed E-state index contributed by atoms with van der Waals surface area (Å²) in [5.41, 5.74) is 1.64. The minimum atomic E-state index is -0.517. The molecule has 0 spiro atoms. The van der Waals surface area contributed by atoms with Crippen LogP contribution in [-0.2, 0) is 20.7 Å². The lowest BCUT2D eigenvalue weighted by molar-refractivity contribution is -0.152. The number of aryl methyl sites for hydroxylation is 1. The highest BCUT2D eigenvalue weighted by atomic mass is 16.5. The number of fused-ring (bicyclic) bond motifs is 1. The van der Waals surface area contributed by atoms with Crippen molar-refractivity contribution in [3.05, 3.63) is 46.1 Å². The van der Waals surface area contributed by atoms with Gasteiger partial charge in [0.25, 0.3) is 5.56 Å². The number of amides is 1. The van der Waals surface area contributed by atoms with Gasteiger partial charge in [0.2, 0.25) is 5.91 Å². The number of carbonyl (C=O) groups is 2. The Morgan fingerprint density at radius 3 is 2.68 bits per heavy atom. The second-order valence-corrected chi connectivity index (χ2v) is 8.40. The molecule has 4 rings (SSSR count). The van der Waals surface area contributed by atoms with Crippen LogP contribution >= 0.6 is 0 Å². The van der Waals surface area contributed by atoms with Gasteiger partial charge in [-0.1, -0.05) is 12.8 Å². The molecule has 8 heteroatoms. The number of hydrogen-bond donors (Lipinski definition) is 1. The summed E-state index contributed by atoms with van der Waals surface area (Å²) >= 11 is 0. The lowest BCUT2D eigenvalue weighted by atomic mass is 9.84. The lowest BCUT2D eigenvalue weighted by Crippen LogP contribution is -2.46. The number of rotatable bonds is 5. The molecule has 31 heavy (non-hydrogen) atoms. The topological polar surface area (TPSA) is 105 Å². The Hall–Kier alpha value is -3.03. The minimum Gasteiger partial charge on any atom is -0.467 e. The van der Waals surface area contributed by atoms with E-state index < -0.39 is 6.04 Å². The van der Waals surface area contributed by atoms with Gasteiger partial charge in [0.05, 0.1) is 7.11 Å². The van der Waals surface area contributed by atoms with Crippen molar-refractivity contribution < 1.29 is 14.3 Å². The minimum absolute atomic E-state index is 0.0944. The van der Waals surface area contributed by atoms with E-state index in [1.165, 1.54) is 7.11 Å². The SMILES string of the molecule is COC(=O)C1CC2CCCCC2N1C(=O)CCc1c(C)nc(-c2ccncc2)[nH]c1=O. The summed E-state index contributed by atoms with van der Waals surface area (Å²) in [6.07, 6.45) is 8.58. The zero-order valence-corrected chi connectivity index (χ0v) is 18.0. The van der Waals surface area contributed by atoms with Gasteiger partial charge in [0.1, 0.15) is 11.9 Å². The van der Waals surface area contributed by atoms with Crippen LogP contribution in [0.15, 0.2) is 29.3 Å². The third-order valence-electron chi connectivity index (χ3n) is 6.61. The van der Waals surface area contributed by atoms with E-state index in [1.54, 1.807) is 36.4 Å². The summed E-state index contributed by atoms with van der Waals surface area (Å²) < 4.78 is 4.97. The summed E-state index contributed by atoms with van der Waals surface area (Å²) in [6.45, 7) is 1.78. The van der Waals surface area contributed by atoms with Gasteiger partial charge >= 0.3 is 5.97 Å². The summed E-state index contributed by atoms with van der Waals surface area (Å²) in [5, 5.41) is 0. The number of ether oxygens (including phenoxy) is 1. The number of nitrogens with zero attached hydrogens (tertiary/aromatic N) is 3. The number of pyridine rings is 1. The summed E-state index contributed by atoms with van der Waals surface area (Å²) in [7, 11) is 1.37. The molecule has 0 aromatic carbocycles. The highest BCUT2D eigenvalue weighted by molar-refractivity contribution is 5.85. The molecule has 3 heterocycles. The van der Waals surface area contributed by atoms with Crippen LogP contribution in [0.4, 0.5) is 0 Å². The molecule has 2 aliphatic rings. The second kappa shape index (κ2) is 8.99. The number of hydrogen-bond acceptors (Lipinski definition) is 6. The molecule has 1 N–H and O–H groups in total. The first-order chi connectivity index (χ1) is 15.0. The fourth-order valence-electron chi connectivity index (χ4n) is 5.08. The van der Waals surface area contributed by atoms with E-state index in [0.717, 1.165) is 31.2 Å². The summed E-state index contributed by atoms with van der Waals surface area (Å²) in [4.78, 5) is 51.3. The molecule has 2 fully saturated rings. The smallest absolute Gasteiger partial charge is 0.328 e. The van der Waals surface area contributed by atoms with E-state index in [0.29, 0.717) is 29.4 Å². The van der Waals surface area contributed by atoms with Gasteiger partial charge in [-0.3, -0.25) is 14.6 Å². The van der Waals surface area contributed by atoms with E-state index in [9.17, 15) is 14.4 Å². The third-order valence-corrected chi connectivity index (χ3v) is 6.61. The predicted molar refractivity (Wildman–Crippen MR) is 114 cm³/mol. The third kappa shape index (κ3) is 4.24. The average Bonchev–Trinajstić information content (AvgIpc) is 3.18. The van der Waals surface area contributed by atoms with Crippen molar-refractivity contribution in [2.24, 2.45) is 5.92 Å². The van der Waals surface area contributed by atoms with Crippen LogP contribution in [0, 0.1) is 12.8 Å². The Morgan fingerprint density at radius 1 is 1.23 bits per heavy atom. The average molecular weight is 425 g/mol. The number of methoxy groups -OCH3 is 1. The molecule has 1 aliphatic heterocycles. The molecular formula is C23H28N4O4. The molecule has 3 unspecified atom stereocenters. The van der Waals surface area contributed by atoms with Crippen molar-refractivity contribution in [1.82, 2.24) is 19.9 Å². The maximum absolute atomic E-state index is 13.2. The molecule has 0 bridgehead atoms. The Labute approximate surface area is 181 Å². The number of aromatic nitrogens is 3. The van der Waals surface area contributed by atoms with E-state index in [-0.39, 0.29) is 36.3 Å². The van der Waals surface area contributed by atoms with Gasteiger partial charge in [-0.15, -0.1) is 0 Å². The van der Waals surface area contributed by atoms with Crippen molar-refractivity contribution in [1.29, 1.82) is 0 Å². The highest BCUT2D eigenvalue weighted by Crippen LogP contribution is 2.40. The van der Waals surface area contributed by atoms with Crippen LogP contribution in [0.25, 0.3) is 11.4 Å². The van der Waals surface area contributed by atoms with Gasteiger partial charge in [-0.2, -0.15) is 0 Å². The number of aromatic amines is 1. The molecule has 2 aromatic rings. The van der Waals surface area contributed by atoms with Crippen molar-refractivity contribution in [2.45, 2.75) is 64.0 Å². The Bertz CT molecular complexity index is 1020. The first-order valence-corrected chi connectivity index (χ1v) is 10.9. The summed E-state index contributed by atoms with van der Waals surface area (Å²) in [5.74, 6) is 0.394. The lowest BCUT2D eigenvalue weighted by Gasteiger charge is -2.33. The van der Waals surface area contributed by atoms with Gasteiger partial charge in [-0.05, 0) is 50.7 Å². The van der Waals surface area contributed by atoms with Gasteiger partial charge in [-0.25, -0.2) is 9.78 Å². The van der Waals surface area contributed by atoms with Crippen LogP contribution in [0.5, 0.6) is 0 Å². The Kier molecular flexibility index (Phi) is 6.15. The van der Waals surface area contributed by atoms with Crippen LogP contribution < -0.4 is 5.56 Å². The largest absolute Gasteiger partial charge is 0.467 e. The molecule has 164 valence electrons. The van der Waals surface area contributed by atoms with Crippen molar-refractivity contribution in [2.75, 3.05) is 7.11 Å². The zero-order valence-electron chi connectivity index (χ0n) is 18.0. The molecule has 1 amide bonds. The molecule has 1 saturated heterocycles. The van der Waals surface area contributed by atoms with Gasteiger partial charge in [0, 0.05) is 41.7 Å². The first-order valence-electron chi connectivity index (χ1n) is 10.9. The van der Waals surface area contributed by atoms with Gasteiger partial charge in [0.15, 0.2) is 0 Å². The number of carbonyl (C=O) groups excluding carboxylic acids is 2. The van der Waals surface area contributed by atoms with E-state index >= 15 is 0 Å². The number of esters is 1. The normalized spacial score (nSPS) is 22.8. The van der Waals surface area contributed by atoms with Gasteiger partial charge < -0.3 is 14.6 Å². The second-order valence-electron chi connectivity index (χ2n) is 8.40. The molecule has 2 aromatic heterocycles. The first kappa shape index (κ1) is 21.2. The quantitative estimate of drug-likeness (QED) is 0.739. The Balaban J connectivity index is 1.51. The highest BCUT2D eigenvalue weighted by Gasteiger charge is 2.47. The van der Waals surface area contributed by atoms with Crippen molar-refractivity contribution in [3.8, 4) is 11.4 Å². The van der Waals surface area contributed by atoms with E-state index in [2.05, 4.69) is 15.0 Å². The van der Waals surface area contributed by atoms with Crippen LogP contribution in [0.1, 0.15) is 49.8 Å². The summed E-state index contributed by atoms with van der Waals surface area (Å²) in [6, 6.07) is 3.14. The Morgan fingerprint density at radius 2 is 1.97 bits per heavy atom. The standard InChI is InChI=1S/C23H28N4O4/c1-14-17(22(29)26-21(25-14)15-9-11-24-12-10-15)7-8-20(28)27-18-6-4-3-5-16(18)13-19(27)23(30)31-2/h9-12,16,18-19H,3-8,13H2,1-2H3,(H,25,26,29). The molecule has 0 radical (unpaired) electrons. The number of likely N-dealkylation sites (tertiary alicyclic amines) is 1. The van der Waals surface area contributed by atoms with E-state index in [1.807, 2.05) is 0 Å². The monoisotopic (exact) mass is 424 g/mol. The number of H-pyrrole nitrogens is 1. The predicted octanol–water partition coefficient (Wildman–Crippen LogP) is 2.41.